The van der Waals surface area contributed by atoms with Gasteiger partial charge in [-0.25, -0.2) is 0 Å². The van der Waals surface area contributed by atoms with E-state index in [0.29, 0.717) is 12.3 Å². The maximum absolute atomic E-state index is 11.5. The lowest BCUT2D eigenvalue weighted by molar-refractivity contribution is -0.116. The topological polar surface area (TPSA) is 55.1 Å². The van der Waals surface area contributed by atoms with Crippen molar-refractivity contribution in [3.8, 4) is 0 Å². The van der Waals surface area contributed by atoms with Crippen molar-refractivity contribution in [3.05, 3.63) is 59.8 Å². The highest BCUT2D eigenvalue weighted by Gasteiger charge is 1.98. The van der Waals surface area contributed by atoms with Crippen LogP contribution in [0.2, 0.25) is 0 Å². The zero-order valence-electron chi connectivity index (χ0n) is 10.1. The van der Waals surface area contributed by atoms with Crippen LogP contribution in [-0.2, 0) is 11.3 Å². The first-order chi connectivity index (χ1) is 8.74. The molecule has 0 saturated carbocycles. The summed E-state index contributed by atoms with van der Waals surface area (Å²) in [5.41, 5.74) is 1.01. The van der Waals surface area contributed by atoms with E-state index in [9.17, 15) is 4.79 Å². The number of furan rings is 1. The van der Waals surface area contributed by atoms with Gasteiger partial charge in [-0.2, -0.15) is 0 Å². The molecule has 2 rings (SSSR count). The van der Waals surface area contributed by atoms with Gasteiger partial charge in [-0.05, 0) is 42.8 Å². The molecule has 0 saturated heterocycles. The van der Waals surface area contributed by atoms with E-state index in [1.165, 1.54) is 6.08 Å². The van der Waals surface area contributed by atoms with Gasteiger partial charge in [0, 0.05) is 25.0 Å². The van der Waals surface area contributed by atoms with Crippen LogP contribution in [0.1, 0.15) is 17.1 Å². The van der Waals surface area contributed by atoms with Gasteiger partial charge in [-0.3, -0.25) is 9.78 Å². The summed E-state index contributed by atoms with van der Waals surface area (Å²) in [7, 11) is 0. The van der Waals surface area contributed by atoms with Gasteiger partial charge in [0.15, 0.2) is 0 Å². The van der Waals surface area contributed by atoms with Crippen molar-refractivity contribution < 1.29 is 9.21 Å². The summed E-state index contributed by atoms with van der Waals surface area (Å²) in [5.74, 6) is 1.35. The molecule has 0 aliphatic rings. The number of carbonyl (C=O) groups is 1. The molecule has 0 radical (unpaired) electrons. The number of aromatic nitrogens is 1. The number of hydrogen-bond acceptors (Lipinski definition) is 3. The predicted octanol–water partition coefficient (Wildman–Crippen LogP) is 2.31. The minimum atomic E-state index is -0.152. The second-order valence-corrected chi connectivity index (χ2v) is 3.86. The summed E-state index contributed by atoms with van der Waals surface area (Å²) < 4.78 is 5.32. The fraction of sp³-hybridized carbons (Fsp3) is 0.143. The number of aryl methyl sites for hydroxylation is 1. The highest BCUT2D eigenvalue weighted by atomic mass is 16.3. The maximum atomic E-state index is 11.5. The van der Waals surface area contributed by atoms with Crippen LogP contribution < -0.4 is 5.32 Å². The van der Waals surface area contributed by atoms with E-state index >= 15 is 0 Å². The Kier molecular flexibility index (Phi) is 3.91. The Morgan fingerprint density at radius 1 is 1.33 bits per heavy atom. The standard InChI is InChI=1S/C14H14N2O2/c1-11-2-3-13(18-11)4-5-14(17)16-10-12-6-8-15-9-7-12/h2-9H,10H2,1H3,(H,16,17). The largest absolute Gasteiger partial charge is 0.462 e. The second-order valence-electron chi connectivity index (χ2n) is 3.86. The third kappa shape index (κ3) is 3.59. The van der Waals surface area contributed by atoms with Crippen molar-refractivity contribution in [3.63, 3.8) is 0 Å². The molecule has 1 amide bonds. The van der Waals surface area contributed by atoms with Crippen molar-refractivity contribution in [1.29, 1.82) is 0 Å². The normalized spacial score (nSPS) is 10.7. The first-order valence-corrected chi connectivity index (χ1v) is 5.65. The van der Waals surface area contributed by atoms with Crippen LogP contribution in [0.4, 0.5) is 0 Å². The van der Waals surface area contributed by atoms with E-state index in [0.717, 1.165) is 11.3 Å². The number of rotatable bonds is 4. The van der Waals surface area contributed by atoms with E-state index in [1.54, 1.807) is 18.5 Å². The molecule has 2 heterocycles. The molecule has 0 spiro atoms. The average Bonchev–Trinajstić information content (AvgIpc) is 2.81. The van der Waals surface area contributed by atoms with Gasteiger partial charge in [-0.15, -0.1) is 0 Å². The van der Waals surface area contributed by atoms with Gasteiger partial charge in [0.1, 0.15) is 11.5 Å². The van der Waals surface area contributed by atoms with Gasteiger partial charge < -0.3 is 9.73 Å². The molecule has 2 aromatic rings. The molecule has 0 aliphatic heterocycles. The van der Waals surface area contributed by atoms with Crippen LogP contribution in [0.15, 0.2) is 47.2 Å². The molecule has 92 valence electrons. The summed E-state index contributed by atoms with van der Waals surface area (Å²) in [5, 5.41) is 2.78. The fourth-order valence-electron chi connectivity index (χ4n) is 1.45. The zero-order chi connectivity index (χ0) is 12.8. The molecule has 2 aromatic heterocycles. The first-order valence-electron chi connectivity index (χ1n) is 5.65. The van der Waals surface area contributed by atoms with Gasteiger partial charge in [0.05, 0.1) is 0 Å². The van der Waals surface area contributed by atoms with Crippen LogP contribution >= 0.6 is 0 Å². The third-order valence-corrected chi connectivity index (χ3v) is 2.38. The summed E-state index contributed by atoms with van der Waals surface area (Å²) in [6.45, 7) is 2.35. The molecule has 0 aromatic carbocycles. The number of amides is 1. The maximum Gasteiger partial charge on any atom is 0.244 e. The Balaban J connectivity index is 1.84. The third-order valence-electron chi connectivity index (χ3n) is 2.38. The van der Waals surface area contributed by atoms with Crippen LogP contribution in [0.25, 0.3) is 6.08 Å². The molecular weight excluding hydrogens is 228 g/mol. The molecule has 4 heteroatoms. The van der Waals surface area contributed by atoms with Gasteiger partial charge in [-0.1, -0.05) is 0 Å². The Labute approximate surface area is 105 Å². The monoisotopic (exact) mass is 242 g/mol. The predicted molar refractivity (Wildman–Crippen MR) is 68.6 cm³/mol. The van der Waals surface area contributed by atoms with Crippen molar-refractivity contribution in [1.82, 2.24) is 10.3 Å². The Morgan fingerprint density at radius 2 is 2.11 bits per heavy atom. The summed E-state index contributed by atoms with van der Waals surface area (Å²) in [4.78, 5) is 15.5. The van der Waals surface area contributed by atoms with Crippen LogP contribution in [0.5, 0.6) is 0 Å². The van der Waals surface area contributed by atoms with Gasteiger partial charge in [0.25, 0.3) is 0 Å². The molecule has 18 heavy (non-hydrogen) atoms. The number of nitrogens with one attached hydrogen (secondary N) is 1. The van der Waals surface area contributed by atoms with Crippen molar-refractivity contribution in [2.45, 2.75) is 13.5 Å². The second kappa shape index (κ2) is 5.82. The van der Waals surface area contributed by atoms with E-state index < -0.39 is 0 Å². The molecule has 0 unspecified atom stereocenters. The van der Waals surface area contributed by atoms with Crippen molar-refractivity contribution in [2.75, 3.05) is 0 Å². The molecule has 0 atom stereocenters. The summed E-state index contributed by atoms with van der Waals surface area (Å²) in [6.07, 6.45) is 6.50. The number of hydrogen-bond donors (Lipinski definition) is 1. The minimum Gasteiger partial charge on any atom is -0.462 e. The lowest BCUT2D eigenvalue weighted by Crippen LogP contribution is -2.20. The molecule has 0 aliphatic carbocycles. The Morgan fingerprint density at radius 3 is 2.78 bits per heavy atom. The Bertz CT molecular complexity index is 544. The van der Waals surface area contributed by atoms with Gasteiger partial charge >= 0.3 is 0 Å². The lowest BCUT2D eigenvalue weighted by Gasteiger charge is -2.01. The summed E-state index contributed by atoms with van der Waals surface area (Å²) >= 11 is 0. The highest BCUT2D eigenvalue weighted by molar-refractivity contribution is 5.91. The number of pyridine rings is 1. The molecule has 0 fully saturated rings. The quantitative estimate of drug-likeness (QED) is 0.837. The number of nitrogens with zero attached hydrogens (tertiary/aromatic N) is 1. The molecule has 1 N–H and O–H groups in total. The highest BCUT2D eigenvalue weighted by Crippen LogP contribution is 2.07. The van der Waals surface area contributed by atoms with Crippen LogP contribution in [0, 0.1) is 6.92 Å². The SMILES string of the molecule is Cc1ccc(C=CC(=O)NCc2ccncc2)o1. The lowest BCUT2D eigenvalue weighted by atomic mass is 10.2. The first kappa shape index (κ1) is 12.1. The Hall–Kier alpha value is -2.36. The van der Waals surface area contributed by atoms with E-state index in [4.69, 9.17) is 4.42 Å². The van der Waals surface area contributed by atoms with Gasteiger partial charge in [0.2, 0.25) is 5.91 Å². The van der Waals surface area contributed by atoms with E-state index in [-0.39, 0.29) is 5.91 Å². The van der Waals surface area contributed by atoms with Crippen LogP contribution in [-0.4, -0.2) is 10.9 Å². The minimum absolute atomic E-state index is 0.152. The average molecular weight is 242 g/mol. The van der Waals surface area contributed by atoms with Crippen LogP contribution in [0.3, 0.4) is 0 Å². The molecule has 0 bridgehead atoms. The molecular formula is C14H14N2O2. The fourth-order valence-corrected chi connectivity index (χ4v) is 1.45. The van der Waals surface area contributed by atoms with E-state index in [1.807, 2.05) is 31.2 Å². The molecule has 4 nitrogen and oxygen atoms in total. The zero-order valence-corrected chi connectivity index (χ0v) is 10.1. The van der Waals surface area contributed by atoms with Crippen molar-refractivity contribution >= 4 is 12.0 Å². The van der Waals surface area contributed by atoms with Crippen molar-refractivity contribution in [2.24, 2.45) is 0 Å². The number of carbonyl (C=O) groups excluding carboxylic acids is 1. The van der Waals surface area contributed by atoms with E-state index in [2.05, 4.69) is 10.3 Å². The summed E-state index contributed by atoms with van der Waals surface area (Å²) in [6, 6.07) is 7.40. The smallest absolute Gasteiger partial charge is 0.244 e.